The van der Waals surface area contributed by atoms with Gasteiger partial charge < -0.3 is 14.6 Å². The van der Waals surface area contributed by atoms with Crippen molar-refractivity contribution >= 4 is 28.6 Å². The standard InChI is InChI=1S/C28H37N3O2/c1-18-14-22(17-28(5,6)16-18)31-24-13-8-19(25(32)33-7)15-23(24)30-26(31)29-21-11-9-20(10-12-21)27(2,3)4/h8-13,15,18,22H,14,16-17H2,1-7H3,(H,29,30)/t18-,22+/m0/s1. The number of rotatable bonds is 4. The van der Waals surface area contributed by atoms with Gasteiger partial charge in [-0.1, -0.05) is 53.7 Å². The Bertz CT molecular complexity index is 1150. The summed E-state index contributed by atoms with van der Waals surface area (Å²) in [7, 11) is 1.41. The molecule has 5 nitrogen and oxygen atoms in total. The molecule has 1 fully saturated rings. The second-order valence-electron chi connectivity index (χ2n) is 11.5. The van der Waals surface area contributed by atoms with Crippen LogP contribution in [-0.4, -0.2) is 22.6 Å². The Balaban J connectivity index is 1.78. The van der Waals surface area contributed by atoms with E-state index in [-0.39, 0.29) is 16.8 Å². The average molecular weight is 448 g/mol. The van der Waals surface area contributed by atoms with Crippen molar-refractivity contribution in [3.63, 3.8) is 0 Å². The van der Waals surface area contributed by atoms with Gasteiger partial charge in [0.2, 0.25) is 5.95 Å². The van der Waals surface area contributed by atoms with Crippen LogP contribution < -0.4 is 5.32 Å². The first-order chi connectivity index (χ1) is 15.5. The zero-order valence-corrected chi connectivity index (χ0v) is 21.0. The van der Waals surface area contributed by atoms with E-state index >= 15 is 0 Å². The number of ether oxygens (including phenoxy) is 1. The molecule has 1 N–H and O–H groups in total. The Labute approximate surface area is 197 Å². The summed E-state index contributed by atoms with van der Waals surface area (Å²) in [5.74, 6) is 1.13. The first kappa shape index (κ1) is 23.3. The van der Waals surface area contributed by atoms with Crippen LogP contribution in [0.4, 0.5) is 11.6 Å². The number of nitrogens with zero attached hydrogens (tertiary/aromatic N) is 2. The molecule has 0 saturated heterocycles. The summed E-state index contributed by atoms with van der Waals surface area (Å²) in [4.78, 5) is 17.1. The van der Waals surface area contributed by atoms with Gasteiger partial charge in [-0.3, -0.25) is 0 Å². The lowest BCUT2D eigenvalue weighted by Gasteiger charge is -2.40. The molecule has 1 aliphatic carbocycles. The van der Waals surface area contributed by atoms with E-state index in [1.54, 1.807) is 0 Å². The summed E-state index contributed by atoms with van der Waals surface area (Å²) < 4.78 is 7.28. The summed E-state index contributed by atoms with van der Waals surface area (Å²) in [6, 6.07) is 14.6. The van der Waals surface area contributed by atoms with Crippen LogP contribution in [0.1, 0.15) is 82.8 Å². The van der Waals surface area contributed by atoms with Crippen LogP contribution in [0.3, 0.4) is 0 Å². The first-order valence-electron chi connectivity index (χ1n) is 11.9. The molecule has 176 valence electrons. The van der Waals surface area contributed by atoms with Crippen LogP contribution in [0, 0.1) is 11.3 Å². The maximum atomic E-state index is 12.1. The van der Waals surface area contributed by atoms with Gasteiger partial charge in [0.05, 0.1) is 23.7 Å². The number of carbonyl (C=O) groups excluding carboxylic acids is 1. The summed E-state index contributed by atoms with van der Waals surface area (Å²) in [5, 5.41) is 3.58. The normalized spacial score (nSPS) is 20.6. The number of carbonyl (C=O) groups is 1. The molecular formula is C28H37N3O2. The minimum Gasteiger partial charge on any atom is -0.465 e. The minimum absolute atomic E-state index is 0.111. The van der Waals surface area contributed by atoms with Crippen molar-refractivity contribution in [1.29, 1.82) is 0 Å². The topological polar surface area (TPSA) is 56.1 Å². The average Bonchev–Trinajstić information content (AvgIpc) is 3.08. The van der Waals surface area contributed by atoms with Crippen molar-refractivity contribution in [2.45, 2.75) is 72.3 Å². The van der Waals surface area contributed by atoms with Crippen molar-refractivity contribution < 1.29 is 9.53 Å². The Kier molecular flexibility index (Phi) is 6.02. The quantitative estimate of drug-likeness (QED) is 0.428. The molecule has 0 aliphatic heterocycles. The Morgan fingerprint density at radius 2 is 1.82 bits per heavy atom. The van der Waals surface area contributed by atoms with Crippen molar-refractivity contribution in [3.8, 4) is 0 Å². The lowest BCUT2D eigenvalue weighted by molar-refractivity contribution is 0.0601. The number of aromatic nitrogens is 2. The number of benzene rings is 2. The predicted octanol–water partition coefficient (Wildman–Crippen LogP) is 7.25. The van der Waals surface area contributed by atoms with Gasteiger partial charge in [-0.15, -0.1) is 0 Å². The summed E-state index contributed by atoms with van der Waals surface area (Å²) in [5.41, 5.74) is 5.07. The van der Waals surface area contributed by atoms with E-state index in [4.69, 9.17) is 9.72 Å². The zero-order chi connectivity index (χ0) is 24.0. The summed E-state index contributed by atoms with van der Waals surface area (Å²) >= 11 is 0. The van der Waals surface area contributed by atoms with Gasteiger partial charge in [0.15, 0.2) is 0 Å². The molecular weight excluding hydrogens is 410 g/mol. The van der Waals surface area contributed by atoms with E-state index in [1.807, 2.05) is 18.2 Å². The number of hydrogen-bond acceptors (Lipinski definition) is 4. The molecule has 5 heteroatoms. The molecule has 3 aromatic rings. The van der Waals surface area contributed by atoms with Crippen LogP contribution >= 0.6 is 0 Å². The summed E-state index contributed by atoms with van der Waals surface area (Å²) in [6.07, 6.45) is 3.45. The van der Waals surface area contributed by atoms with Crippen LogP contribution in [0.2, 0.25) is 0 Å². The molecule has 1 aliphatic rings. The first-order valence-corrected chi connectivity index (χ1v) is 11.9. The Morgan fingerprint density at radius 3 is 2.42 bits per heavy atom. The highest BCUT2D eigenvalue weighted by Crippen LogP contribution is 2.46. The van der Waals surface area contributed by atoms with Crippen molar-refractivity contribution in [2.75, 3.05) is 12.4 Å². The molecule has 1 saturated carbocycles. The highest BCUT2D eigenvalue weighted by atomic mass is 16.5. The lowest BCUT2D eigenvalue weighted by Crippen LogP contribution is -2.29. The van der Waals surface area contributed by atoms with E-state index in [2.05, 4.69) is 75.7 Å². The van der Waals surface area contributed by atoms with E-state index in [9.17, 15) is 4.79 Å². The predicted molar refractivity (Wildman–Crippen MR) is 135 cm³/mol. The fourth-order valence-electron chi connectivity index (χ4n) is 5.48. The number of methoxy groups -OCH3 is 1. The van der Waals surface area contributed by atoms with E-state index in [0.29, 0.717) is 17.5 Å². The van der Waals surface area contributed by atoms with Crippen molar-refractivity contribution in [2.24, 2.45) is 11.3 Å². The Morgan fingerprint density at radius 1 is 1.12 bits per heavy atom. The largest absolute Gasteiger partial charge is 0.465 e. The van der Waals surface area contributed by atoms with Gasteiger partial charge >= 0.3 is 5.97 Å². The fraction of sp³-hybridized carbons (Fsp3) is 0.500. The van der Waals surface area contributed by atoms with Gasteiger partial charge in [0.1, 0.15) is 0 Å². The molecule has 1 heterocycles. The SMILES string of the molecule is COC(=O)c1ccc2c(c1)nc(Nc1ccc(C(C)(C)C)cc1)n2[C@@H]1C[C@H](C)CC(C)(C)C1. The van der Waals surface area contributed by atoms with Crippen LogP contribution in [0.15, 0.2) is 42.5 Å². The van der Waals surface area contributed by atoms with Crippen LogP contribution in [-0.2, 0) is 10.2 Å². The molecule has 0 amide bonds. The van der Waals surface area contributed by atoms with Gasteiger partial charge in [0, 0.05) is 11.7 Å². The zero-order valence-electron chi connectivity index (χ0n) is 21.0. The van der Waals surface area contributed by atoms with E-state index < -0.39 is 0 Å². The Hall–Kier alpha value is -2.82. The second-order valence-corrected chi connectivity index (χ2v) is 11.5. The number of esters is 1. The molecule has 0 bridgehead atoms. The molecule has 4 rings (SSSR count). The fourth-order valence-corrected chi connectivity index (χ4v) is 5.48. The second kappa shape index (κ2) is 8.51. The molecule has 0 spiro atoms. The van der Waals surface area contributed by atoms with Gasteiger partial charge in [-0.2, -0.15) is 0 Å². The van der Waals surface area contributed by atoms with Crippen molar-refractivity contribution in [3.05, 3.63) is 53.6 Å². The molecule has 33 heavy (non-hydrogen) atoms. The molecule has 2 atom stereocenters. The van der Waals surface area contributed by atoms with Crippen LogP contribution in [0.25, 0.3) is 11.0 Å². The maximum Gasteiger partial charge on any atom is 0.337 e. The molecule has 1 aromatic heterocycles. The number of imidazole rings is 1. The third-order valence-corrected chi connectivity index (χ3v) is 6.85. The van der Waals surface area contributed by atoms with Gasteiger partial charge in [-0.05, 0) is 71.9 Å². The molecule has 0 radical (unpaired) electrons. The molecule has 2 aromatic carbocycles. The van der Waals surface area contributed by atoms with E-state index in [0.717, 1.165) is 35.5 Å². The lowest BCUT2D eigenvalue weighted by atomic mass is 9.70. The van der Waals surface area contributed by atoms with E-state index in [1.165, 1.54) is 19.1 Å². The monoisotopic (exact) mass is 447 g/mol. The van der Waals surface area contributed by atoms with Gasteiger partial charge in [-0.25, -0.2) is 9.78 Å². The maximum absolute atomic E-state index is 12.1. The van der Waals surface area contributed by atoms with Crippen LogP contribution in [0.5, 0.6) is 0 Å². The highest BCUT2D eigenvalue weighted by Gasteiger charge is 2.34. The number of hydrogen-bond donors (Lipinski definition) is 1. The molecule has 0 unspecified atom stereocenters. The number of anilines is 2. The van der Waals surface area contributed by atoms with Gasteiger partial charge in [0.25, 0.3) is 0 Å². The smallest absolute Gasteiger partial charge is 0.337 e. The third kappa shape index (κ3) is 4.92. The number of fused-ring (bicyclic) bond motifs is 1. The number of nitrogens with one attached hydrogen (secondary N) is 1. The summed E-state index contributed by atoms with van der Waals surface area (Å²) in [6.45, 7) is 13.7. The minimum atomic E-state index is -0.342. The van der Waals surface area contributed by atoms with Crippen molar-refractivity contribution in [1.82, 2.24) is 9.55 Å². The third-order valence-electron chi connectivity index (χ3n) is 6.85. The highest BCUT2D eigenvalue weighted by molar-refractivity contribution is 5.94.